The summed E-state index contributed by atoms with van der Waals surface area (Å²) in [6.45, 7) is 4.73. The number of hydrogen-bond donors (Lipinski definition) is 1. The summed E-state index contributed by atoms with van der Waals surface area (Å²) in [6.07, 6.45) is 3.77. The molecular formula is C30H29N3O4. The van der Waals surface area contributed by atoms with Crippen LogP contribution in [0.4, 0.5) is 0 Å². The van der Waals surface area contributed by atoms with Crippen LogP contribution in [-0.2, 0) is 16.1 Å². The second kappa shape index (κ2) is 10.3. The van der Waals surface area contributed by atoms with Crippen molar-refractivity contribution in [3.05, 3.63) is 107 Å². The Morgan fingerprint density at radius 2 is 1.73 bits per heavy atom. The fraction of sp³-hybridized carbons (Fsp3) is 0.233. The number of unbranched alkanes of at least 4 members (excludes halogenated alkanes) is 1. The van der Waals surface area contributed by atoms with Crippen LogP contribution in [-0.4, -0.2) is 37.7 Å². The number of likely N-dealkylation sites (tertiary alicyclic amines) is 1. The smallest absolute Gasteiger partial charge is 0.295 e. The van der Waals surface area contributed by atoms with Gasteiger partial charge in [0.15, 0.2) is 5.76 Å². The van der Waals surface area contributed by atoms with Crippen molar-refractivity contribution in [1.82, 2.24) is 14.3 Å². The van der Waals surface area contributed by atoms with Gasteiger partial charge in [-0.3, -0.25) is 14.0 Å². The van der Waals surface area contributed by atoms with Crippen LogP contribution in [0.3, 0.4) is 0 Å². The molecule has 0 bridgehead atoms. The van der Waals surface area contributed by atoms with Crippen LogP contribution in [0.2, 0.25) is 0 Å². The van der Waals surface area contributed by atoms with E-state index >= 15 is 0 Å². The molecule has 5 rings (SSSR count). The Morgan fingerprint density at radius 1 is 1.00 bits per heavy atom. The fourth-order valence-corrected chi connectivity index (χ4v) is 4.78. The highest BCUT2D eigenvalue weighted by atomic mass is 16.5. The van der Waals surface area contributed by atoms with Crippen LogP contribution in [0.25, 0.3) is 11.4 Å². The molecule has 188 valence electrons. The molecule has 1 fully saturated rings. The minimum absolute atomic E-state index is 0.0503. The van der Waals surface area contributed by atoms with Crippen molar-refractivity contribution in [2.75, 3.05) is 6.61 Å². The molecule has 1 aliphatic rings. The summed E-state index contributed by atoms with van der Waals surface area (Å²) in [4.78, 5) is 32.8. The molecule has 37 heavy (non-hydrogen) atoms. The summed E-state index contributed by atoms with van der Waals surface area (Å²) >= 11 is 0. The minimum atomic E-state index is -0.765. The Bertz CT molecular complexity index is 1470. The van der Waals surface area contributed by atoms with Gasteiger partial charge in [0.25, 0.3) is 11.7 Å². The number of Topliss-reactive ketones (excluding diaryl/α,β-unsaturated/α-hetero) is 1. The van der Waals surface area contributed by atoms with Crippen molar-refractivity contribution in [3.8, 4) is 5.75 Å². The van der Waals surface area contributed by atoms with Crippen molar-refractivity contribution in [3.63, 3.8) is 0 Å². The van der Waals surface area contributed by atoms with E-state index in [0.717, 1.165) is 24.2 Å². The van der Waals surface area contributed by atoms with Crippen LogP contribution in [0.1, 0.15) is 48.3 Å². The van der Waals surface area contributed by atoms with E-state index in [1.807, 2.05) is 72.8 Å². The van der Waals surface area contributed by atoms with Crippen LogP contribution in [0.15, 0.2) is 84.6 Å². The number of benzene rings is 2. The van der Waals surface area contributed by atoms with E-state index in [4.69, 9.17) is 4.74 Å². The lowest BCUT2D eigenvalue weighted by molar-refractivity contribution is -0.140. The first-order valence-corrected chi connectivity index (χ1v) is 12.5. The average molecular weight is 496 g/mol. The number of carbonyl (C=O) groups excluding carboxylic acids is 2. The van der Waals surface area contributed by atoms with Crippen molar-refractivity contribution in [2.24, 2.45) is 0 Å². The number of rotatable bonds is 8. The van der Waals surface area contributed by atoms with Gasteiger partial charge in [-0.05, 0) is 48.7 Å². The van der Waals surface area contributed by atoms with Crippen molar-refractivity contribution in [1.29, 1.82) is 0 Å². The van der Waals surface area contributed by atoms with Gasteiger partial charge in [-0.25, -0.2) is 4.98 Å². The molecule has 1 amide bonds. The standard InChI is InChI=1S/C30H29N3O4/c1-3-4-18-37-23-15-13-22(14-16-23)27-25(28(34)26-20(2)31-24-12-8-9-17-32(24)26)29(35)30(36)33(27)19-21-10-6-5-7-11-21/h5-17,27,34H,3-4,18-19H2,1-2H3/b28-25+. The predicted octanol–water partition coefficient (Wildman–Crippen LogP) is 5.44. The molecule has 0 spiro atoms. The Balaban J connectivity index is 1.63. The third-order valence-corrected chi connectivity index (χ3v) is 6.63. The lowest BCUT2D eigenvalue weighted by Crippen LogP contribution is -2.29. The summed E-state index contributed by atoms with van der Waals surface area (Å²) in [6, 6.07) is 21.6. The lowest BCUT2D eigenvalue weighted by Gasteiger charge is -2.25. The van der Waals surface area contributed by atoms with Crippen LogP contribution < -0.4 is 4.74 Å². The maximum Gasteiger partial charge on any atom is 0.295 e. The third-order valence-electron chi connectivity index (χ3n) is 6.63. The van der Waals surface area contributed by atoms with Gasteiger partial charge in [0.1, 0.15) is 17.1 Å². The molecule has 1 aliphatic heterocycles. The Kier molecular flexibility index (Phi) is 6.77. The molecular weight excluding hydrogens is 466 g/mol. The summed E-state index contributed by atoms with van der Waals surface area (Å²) < 4.78 is 7.54. The van der Waals surface area contributed by atoms with Crippen molar-refractivity contribution < 1.29 is 19.4 Å². The van der Waals surface area contributed by atoms with E-state index in [1.165, 1.54) is 4.90 Å². The molecule has 3 heterocycles. The van der Waals surface area contributed by atoms with Gasteiger partial charge < -0.3 is 14.7 Å². The Labute approximate surface area is 215 Å². The van der Waals surface area contributed by atoms with E-state index < -0.39 is 17.7 Å². The molecule has 1 N–H and O–H groups in total. The number of pyridine rings is 1. The zero-order chi connectivity index (χ0) is 25.9. The third kappa shape index (κ3) is 4.60. The Hall–Kier alpha value is -4.39. The zero-order valence-electron chi connectivity index (χ0n) is 20.9. The number of carbonyl (C=O) groups is 2. The number of nitrogens with zero attached hydrogens (tertiary/aromatic N) is 3. The first-order valence-electron chi connectivity index (χ1n) is 12.5. The predicted molar refractivity (Wildman–Crippen MR) is 141 cm³/mol. The van der Waals surface area contributed by atoms with Crippen LogP contribution in [0, 0.1) is 6.92 Å². The number of hydrogen-bond acceptors (Lipinski definition) is 5. The number of imidazole rings is 1. The van der Waals surface area contributed by atoms with Gasteiger partial charge in [-0.15, -0.1) is 0 Å². The van der Waals surface area contributed by atoms with Gasteiger partial charge >= 0.3 is 0 Å². The van der Waals surface area contributed by atoms with Crippen LogP contribution >= 0.6 is 0 Å². The molecule has 0 radical (unpaired) electrons. The average Bonchev–Trinajstić information content (AvgIpc) is 3.38. The molecule has 4 aromatic rings. The first-order chi connectivity index (χ1) is 18.0. The van der Waals surface area contributed by atoms with Crippen molar-refractivity contribution in [2.45, 2.75) is 39.3 Å². The van der Waals surface area contributed by atoms with E-state index in [9.17, 15) is 14.7 Å². The Morgan fingerprint density at radius 3 is 2.46 bits per heavy atom. The molecule has 0 saturated carbocycles. The lowest BCUT2D eigenvalue weighted by atomic mass is 9.96. The van der Waals surface area contributed by atoms with Gasteiger partial charge in [0.2, 0.25) is 0 Å². The molecule has 2 aromatic heterocycles. The monoisotopic (exact) mass is 495 g/mol. The van der Waals surface area contributed by atoms with Gasteiger partial charge in [0, 0.05) is 12.7 Å². The SMILES string of the molecule is CCCCOc1ccc(C2/C(=C(\O)c3c(C)nc4ccccn34)C(=O)C(=O)N2Cc2ccccc2)cc1. The van der Waals surface area contributed by atoms with Crippen molar-refractivity contribution >= 4 is 23.1 Å². The number of amides is 1. The maximum atomic E-state index is 13.5. The molecule has 1 saturated heterocycles. The van der Waals surface area contributed by atoms with Crippen LogP contribution in [0.5, 0.6) is 5.75 Å². The summed E-state index contributed by atoms with van der Waals surface area (Å²) in [5.41, 5.74) is 3.26. The number of ketones is 1. The highest BCUT2D eigenvalue weighted by Gasteiger charge is 2.46. The summed E-state index contributed by atoms with van der Waals surface area (Å²) in [7, 11) is 0. The quantitative estimate of drug-likeness (QED) is 0.152. The number of aromatic nitrogens is 2. The molecule has 1 atom stereocenters. The van der Waals surface area contributed by atoms with E-state index in [2.05, 4.69) is 11.9 Å². The highest BCUT2D eigenvalue weighted by molar-refractivity contribution is 6.46. The van der Waals surface area contributed by atoms with Gasteiger partial charge in [-0.2, -0.15) is 0 Å². The highest BCUT2D eigenvalue weighted by Crippen LogP contribution is 2.41. The second-order valence-corrected chi connectivity index (χ2v) is 9.16. The normalized spacial score (nSPS) is 17.0. The second-order valence-electron chi connectivity index (χ2n) is 9.16. The van der Waals surface area contributed by atoms with E-state index in [1.54, 1.807) is 17.5 Å². The molecule has 7 nitrogen and oxygen atoms in total. The van der Waals surface area contributed by atoms with E-state index in [-0.39, 0.29) is 17.9 Å². The minimum Gasteiger partial charge on any atom is -0.505 e. The largest absolute Gasteiger partial charge is 0.505 e. The summed E-state index contributed by atoms with van der Waals surface area (Å²) in [5.74, 6) is -0.884. The molecule has 0 aliphatic carbocycles. The molecule has 7 heteroatoms. The number of aryl methyl sites for hydroxylation is 1. The van der Waals surface area contributed by atoms with E-state index in [0.29, 0.717) is 29.2 Å². The number of aliphatic hydroxyl groups excluding tert-OH is 1. The topological polar surface area (TPSA) is 84.1 Å². The zero-order valence-corrected chi connectivity index (χ0v) is 20.9. The number of aliphatic hydroxyl groups is 1. The molecule has 1 unspecified atom stereocenters. The number of fused-ring (bicyclic) bond motifs is 1. The molecule has 2 aromatic carbocycles. The summed E-state index contributed by atoms with van der Waals surface area (Å²) in [5, 5.41) is 11.6. The first kappa shape index (κ1) is 24.3. The number of ether oxygens (including phenoxy) is 1. The fourth-order valence-electron chi connectivity index (χ4n) is 4.78. The van der Waals surface area contributed by atoms with Gasteiger partial charge in [0.05, 0.1) is 23.9 Å². The van der Waals surface area contributed by atoms with Gasteiger partial charge in [-0.1, -0.05) is 61.9 Å². The maximum absolute atomic E-state index is 13.5.